The number of carbonyl (C=O) groups excluding carboxylic acids is 1. The lowest BCUT2D eigenvalue weighted by atomic mass is 9.94. The Morgan fingerprint density at radius 3 is 2.88 bits per heavy atom. The second-order valence-electron chi connectivity index (χ2n) is 4.82. The molecule has 4 heteroatoms. The zero-order valence-corrected chi connectivity index (χ0v) is 10.5. The molecule has 0 radical (unpaired) electrons. The molecule has 16 heavy (non-hydrogen) atoms. The van der Waals surface area contributed by atoms with Crippen molar-refractivity contribution in [1.29, 1.82) is 0 Å². The quantitative estimate of drug-likeness (QED) is 0.718. The van der Waals surface area contributed by atoms with Crippen molar-refractivity contribution in [2.75, 3.05) is 26.7 Å². The summed E-state index contributed by atoms with van der Waals surface area (Å²) in [7, 11) is 1.72. The summed E-state index contributed by atoms with van der Waals surface area (Å²) in [5, 5.41) is 0. The highest BCUT2D eigenvalue weighted by molar-refractivity contribution is 5.76. The van der Waals surface area contributed by atoms with Gasteiger partial charge in [-0.15, -0.1) is 0 Å². The molecule has 1 saturated heterocycles. The Morgan fingerprint density at radius 2 is 2.25 bits per heavy atom. The summed E-state index contributed by atoms with van der Waals surface area (Å²) in [6, 6.07) is 0. The van der Waals surface area contributed by atoms with Gasteiger partial charge in [0.15, 0.2) is 0 Å². The molecule has 94 valence electrons. The number of carbonyl (C=O) groups is 1. The Balaban J connectivity index is 2.38. The number of rotatable bonds is 5. The second kappa shape index (κ2) is 6.21. The lowest BCUT2D eigenvalue weighted by Crippen LogP contribution is -2.49. The molecule has 0 aromatic rings. The van der Waals surface area contributed by atoms with Gasteiger partial charge in [-0.3, -0.25) is 4.79 Å². The summed E-state index contributed by atoms with van der Waals surface area (Å²) >= 11 is 0. The Labute approximate surface area is 98.1 Å². The third-order valence-electron chi connectivity index (χ3n) is 3.35. The molecule has 0 aromatic carbocycles. The van der Waals surface area contributed by atoms with Crippen LogP contribution in [0, 0.1) is 0 Å². The summed E-state index contributed by atoms with van der Waals surface area (Å²) in [6.07, 6.45) is 4.52. The van der Waals surface area contributed by atoms with Crippen LogP contribution in [0.4, 0.5) is 0 Å². The average molecular weight is 228 g/mol. The van der Waals surface area contributed by atoms with Crippen LogP contribution in [-0.4, -0.2) is 43.2 Å². The number of hydrogen-bond acceptors (Lipinski definition) is 3. The molecule has 1 unspecified atom stereocenters. The normalized spacial score (nSPS) is 25.8. The van der Waals surface area contributed by atoms with Crippen LogP contribution in [0.5, 0.6) is 0 Å². The Bertz CT molecular complexity index is 233. The Kier molecular flexibility index (Phi) is 5.22. The van der Waals surface area contributed by atoms with Crippen LogP contribution < -0.4 is 5.73 Å². The van der Waals surface area contributed by atoms with Gasteiger partial charge in [0.05, 0.1) is 5.60 Å². The highest BCUT2D eigenvalue weighted by Gasteiger charge is 2.32. The first-order chi connectivity index (χ1) is 7.61. The van der Waals surface area contributed by atoms with Crippen molar-refractivity contribution in [3.05, 3.63) is 0 Å². The number of nitrogens with zero attached hydrogens (tertiary/aromatic N) is 1. The topological polar surface area (TPSA) is 55.6 Å². The molecule has 0 bridgehead atoms. The smallest absolute Gasteiger partial charge is 0.222 e. The fraction of sp³-hybridized carbons (Fsp3) is 0.917. The number of hydrogen-bond donors (Lipinski definition) is 1. The van der Waals surface area contributed by atoms with Gasteiger partial charge >= 0.3 is 0 Å². The van der Waals surface area contributed by atoms with Gasteiger partial charge in [0.1, 0.15) is 0 Å². The van der Waals surface area contributed by atoms with Crippen molar-refractivity contribution in [3.8, 4) is 0 Å². The standard InChI is InChI=1S/C12H24N2O2/c1-12(16-2)7-5-9-14(10-12)11(15)6-3-4-8-13/h3-10,13H2,1-2H3. The molecular weight excluding hydrogens is 204 g/mol. The minimum atomic E-state index is -0.151. The van der Waals surface area contributed by atoms with Crippen LogP contribution in [0.1, 0.15) is 39.0 Å². The number of ether oxygens (including phenoxy) is 1. The zero-order chi connectivity index (χ0) is 12.0. The first-order valence-electron chi connectivity index (χ1n) is 6.14. The summed E-state index contributed by atoms with van der Waals surface area (Å²) in [5.74, 6) is 0.247. The molecule has 1 aliphatic rings. The van der Waals surface area contributed by atoms with Crippen molar-refractivity contribution in [3.63, 3.8) is 0 Å². The molecule has 4 nitrogen and oxygen atoms in total. The monoisotopic (exact) mass is 228 g/mol. The lowest BCUT2D eigenvalue weighted by Gasteiger charge is -2.39. The number of likely N-dealkylation sites (tertiary alicyclic amines) is 1. The molecule has 1 atom stereocenters. The molecule has 1 heterocycles. The van der Waals surface area contributed by atoms with E-state index in [1.807, 2.05) is 4.90 Å². The van der Waals surface area contributed by atoms with E-state index >= 15 is 0 Å². The van der Waals surface area contributed by atoms with Crippen molar-refractivity contribution < 1.29 is 9.53 Å². The van der Waals surface area contributed by atoms with Crippen LogP contribution >= 0.6 is 0 Å². The van der Waals surface area contributed by atoms with Gasteiger partial charge in [0.2, 0.25) is 5.91 Å². The maximum atomic E-state index is 11.9. The maximum absolute atomic E-state index is 11.9. The van der Waals surface area contributed by atoms with Crippen molar-refractivity contribution in [2.24, 2.45) is 5.73 Å². The molecule has 1 aliphatic heterocycles. The van der Waals surface area contributed by atoms with E-state index in [2.05, 4.69) is 6.92 Å². The number of nitrogens with two attached hydrogens (primary N) is 1. The maximum Gasteiger partial charge on any atom is 0.222 e. The Morgan fingerprint density at radius 1 is 1.50 bits per heavy atom. The van der Waals surface area contributed by atoms with Crippen LogP contribution in [0.25, 0.3) is 0 Å². The molecule has 1 rings (SSSR count). The summed E-state index contributed by atoms with van der Waals surface area (Å²) < 4.78 is 5.47. The van der Waals surface area contributed by atoms with Gasteiger partial charge in [-0.05, 0) is 39.2 Å². The van der Waals surface area contributed by atoms with Crippen molar-refractivity contribution in [2.45, 2.75) is 44.6 Å². The summed E-state index contributed by atoms with van der Waals surface area (Å²) in [6.45, 7) is 4.35. The van der Waals surface area contributed by atoms with E-state index < -0.39 is 0 Å². The number of piperidine rings is 1. The second-order valence-corrected chi connectivity index (χ2v) is 4.82. The molecule has 0 aromatic heterocycles. The van der Waals surface area contributed by atoms with Crippen LogP contribution in [0.3, 0.4) is 0 Å². The summed E-state index contributed by atoms with van der Waals surface area (Å²) in [4.78, 5) is 13.8. The Hall–Kier alpha value is -0.610. The predicted molar refractivity (Wildman–Crippen MR) is 64.1 cm³/mol. The molecule has 2 N–H and O–H groups in total. The largest absolute Gasteiger partial charge is 0.377 e. The number of methoxy groups -OCH3 is 1. The van der Waals surface area contributed by atoms with Gasteiger partial charge in [-0.2, -0.15) is 0 Å². The fourth-order valence-electron chi connectivity index (χ4n) is 2.16. The summed E-state index contributed by atoms with van der Waals surface area (Å²) in [5.41, 5.74) is 5.26. The highest BCUT2D eigenvalue weighted by Crippen LogP contribution is 2.24. The minimum absolute atomic E-state index is 0.151. The number of amides is 1. The predicted octanol–water partition coefficient (Wildman–Crippen LogP) is 1.14. The highest BCUT2D eigenvalue weighted by atomic mass is 16.5. The molecule has 1 fully saturated rings. The van der Waals surface area contributed by atoms with E-state index in [4.69, 9.17) is 10.5 Å². The van der Waals surface area contributed by atoms with E-state index in [-0.39, 0.29) is 11.5 Å². The minimum Gasteiger partial charge on any atom is -0.377 e. The van der Waals surface area contributed by atoms with Crippen LogP contribution in [-0.2, 0) is 9.53 Å². The van der Waals surface area contributed by atoms with E-state index in [0.29, 0.717) is 13.0 Å². The van der Waals surface area contributed by atoms with E-state index in [1.54, 1.807) is 7.11 Å². The van der Waals surface area contributed by atoms with E-state index in [1.165, 1.54) is 0 Å². The molecule has 0 aliphatic carbocycles. The lowest BCUT2D eigenvalue weighted by molar-refractivity contribution is -0.139. The fourth-order valence-corrected chi connectivity index (χ4v) is 2.16. The first-order valence-corrected chi connectivity index (χ1v) is 6.14. The SMILES string of the molecule is COC1(C)CCCN(C(=O)CCCCN)C1. The van der Waals surface area contributed by atoms with Crippen LogP contribution in [0.2, 0.25) is 0 Å². The first kappa shape index (κ1) is 13.5. The van der Waals surface area contributed by atoms with Gasteiger partial charge < -0.3 is 15.4 Å². The third kappa shape index (κ3) is 3.76. The van der Waals surface area contributed by atoms with Crippen molar-refractivity contribution >= 4 is 5.91 Å². The molecule has 1 amide bonds. The van der Waals surface area contributed by atoms with Gasteiger partial charge in [-0.25, -0.2) is 0 Å². The van der Waals surface area contributed by atoms with E-state index in [0.717, 1.165) is 38.8 Å². The van der Waals surface area contributed by atoms with Crippen LogP contribution in [0.15, 0.2) is 0 Å². The molecule has 0 spiro atoms. The van der Waals surface area contributed by atoms with Gasteiger partial charge in [-0.1, -0.05) is 0 Å². The van der Waals surface area contributed by atoms with Gasteiger partial charge in [0, 0.05) is 26.6 Å². The zero-order valence-electron chi connectivity index (χ0n) is 10.5. The third-order valence-corrected chi connectivity index (χ3v) is 3.35. The van der Waals surface area contributed by atoms with Crippen molar-refractivity contribution in [1.82, 2.24) is 4.90 Å². The van der Waals surface area contributed by atoms with Gasteiger partial charge in [0.25, 0.3) is 0 Å². The molecular formula is C12H24N2O2. The number of unbranched alkanes of at least 4 members (excludes halogenated alkanes) is 1. The molecule has 0 saturated carbocycles. The van der Waals surface area contributed by atoms with E-state index in [9.17, 15) is 4.79 Å². The average Bonchev–Trinajstić information content (AvgIpc) is 2.29.